The zero-order valence-corrected chi connectivity index (χ0v) is 8.45. The molecule has 5 heteroatoms. The van der Waals surface area contributed by atoms with Crippen LogP contribution in [0.15, 0.2) is 12.3 Å². The highest BCUT2D eigenvalue weighted by atomic mass is 31.2. The molecule has 0 atom stereocenters. The largest absolute Gasteiger partial charge is 0.408 e. The second kappa shape index (κ2) is 4.51. The molecule has 2 N–H and O–H groups in total. The molecule has 0 unspecified atom stereocenters. The summed E-state index contributed by atoms with van der Waals surface area (Å²) in [6.07, 6.45) is 2.35. The lowest BCUT2D eigenvalue weighted by Crippen LogP contribution is -1.96. The van der Waals surface area contributed by atoms with Gasteiger partial charge in [0.25, 0.3) is 0 Å². The summed E-state index contributed by atoms with van der Waals surface area (Å²) < 4.78 is 4.78. The standard InChI is InChI=1S/C8H12NO3P/c1-3-7-6(2)4-5-9-8(7)12-13(10)11/h4-5,10-11H,3H2,1-2H3. The Morgan fingerprint density at radius 3 is 2.77 bits per heavy atom. The van der Waals surface area contributed by atoms with E-state index in [1.165, 1.54) is 0 Å². The fraction of sp³-hybridized carbons (Fsp3) is 0.375. The number of aryl methyl sites for hydroxylation is 1. The lowest BCUT2D eigenvalue weighted by Gasteiger charge is -2.10. The van der Waals surface area contributed by atoms with Crippen molar-refractivity contribution < 1.29 is 14.3 Å². The van der Waals surface area contributed by atoms with Gasteiger partial charge in [0.15, 0.2) is 0 Å². The molecule has 0 fully saturated rings. The highest BCUT2D eigenvalue weighted by molar-refractivity contribution is 7.39. The van der Waals surface area contributed by atoms with Gasteiger partial charge in [-0.25, -0.2) is 4.98 Å². The van der Waals surface area contributed by atoms with Crippen molar-refractivity contribution >= 4 is 8.60 Å². The SMILES string of the molecule is CCc1c(C)ccnc1OP(O)O. The fourth-order valence-electron chi connectivity index (χ4n) is 1.15. The van der Waals surface area contributed by atoms with E-state index in [4.69, 9.17) is 14.3 Å². The number of hydrogen-bond donors (Lipinski definition) is 2. The van der Waals surface area contributed by atoms with Gasteiger partial charge in [0.05, 0.1) is 0 Å². The Kier molecular flexibility index (Phi) is 3.60. The maximum atomic E-state index is 8.67. The number of pyridine rings is 1. The van der Waals surface area contributed by atoms with E-state index in [0.29, 0.717) is 5.88 Å². The van der Waals surface area contributed by atoms with Crippen LogP contribution in [-0.4, -0.2) is 14.8 Å². The molecule has 1 aromatic heterocycles. The van der Waals surface area contributed by atoms with Gasteiger partial charge in [-0.3, -0.25) is 0 Å². The Bertz CT molecular complexity index is 291. The van der Waals surface area contributed by atoms with Crippen molar-refractivity contribution in [3.8, 4) is 5.88 Å². The van der Waals surface area contributed by atoms with E-state index >= 15 is 0 Å². The molecule has 1 rings (SSSR count). The first-order chi connectivity index (χ1) is 6.15. The van der Waals surface area contributed by atoms with Crippen LogP contribution in [0.1, 0.15) is 18.1 Å². The lowest BCUT2D eigenvalue weighted by molar-refractivity contribution is 0.367. The van der Waals surface area contributed by atoms with Crippen LogP contribution >= 0.6 is 8.60 Å². The molecule has 13 heavy (non-hydrogen) atoms. The fourth-order valence-corrected chi connectivity index (χ4v) is 1.46. The van der Waals surface area contributed by atoms with Crippen molar-refractivity contribution in [3.05, 3.63) is 23.4 Å². The Labute approximate surface area is 78.2 Å². The van der Waals surface area contributed by atoms with Crippen LogP contribution in [-0.2, 0) is 6.42 Å². The van der Waals surface area contributed by atoms with Crippen molar-refractivity contribution in [3.63, 3.8) is 0 Å². The summed E-state index contributed by atoms with van der Waals surface area (Å²) in [5.41, 5.74) is 1.96. The molecular weight excluding hydrogens is 189 g/mol. The molecule has 0 spiro atoms. The summed E-state index contributed by atoms with van der Waals surface area (Å²) in [7, 11) is -2.37. The average Bonchev–Trinajstić information content (AvgIpc) is 2.03. The van der Waals surface area contributed by atoms with E-state index in [2.05, 4.69) is 4.98 Å². The van der Waals surface area contributed by atoms with Gasteiger partial charge in [0.1, 0.15) is 0 Å². The quantitative estimate of drug-likeness (QED) is 0.728. The summed E-state index contributed by atoms with van der Waals surface area (Å²) in [4.78, 5) is 21.3. The first-order valence-electron chi connectivity index (χ1n) is 3.95. The summed E-state index contributed by atoms with van der Waals surface area (Å²) in [5.74, 6) is 0.318. The van der Waals surface area contributed by atoms with Crippen LogP contribution in [0.5, 0.6) is 5.88 Å². The first-order valence-corrected chi connectivity index (χ1v) is 5.12. The van der Waals surface area contributed by atoms with E-state index in [9.17, 15) is 0 Å². The van der Waals surface area contributed by atoms with Gasteiger partial charge in [-0.1, -0.05) is 6.92 Å². The van der Waals surface area contributed by atoms with Crippen molar-refractivity contribution in [2.24, 2.45) is 0 Å². The van der Waals surface area contributed by atoms with E-state index in [-0.39, 0.29) is 0 Å². The number of nitrogens with zero attached hydrogens (tertiary/aromatic N) is 1. The molecule has 0 saturated heterocycles. The van der Waals surface area contributed by atoms with Gasteiger partial charge in [0.2, 0.25) is 5.88 Å². The second-order valence-corrected chi connectivity index (χ2v) is 3.30. The minimum absolute atomic E-state index is 0.318. The van der Waals surface area contributed by atoms with Gasteiger partial charge in [-0.05, 0) is 25.0 Å². The maximum Gasteiger partial charge on any atom is 0.392 e. The third kappa shape index (κ3) is 2.62. The van der Waals surface area contributed by atoms with Crippen molar-refractivity contribution in [2.45, 2.75) is 20.3 Å². The molecule has 0 saturated carbocycles. The smallest absolute Gasteiger partial charge is 0.392 e. The van der Waals surface area contributed by atoms with Gasteiger partial charge >= 0.3 is 8.60 Å². The van der Waals surface area contributed by atoms with E-state index in [1.54, 1.807) is 6.20 Å². The molecule has 0 aliphatic heterocycles. The van der Waals surface area contributed by atoms with E-state index in [1.807, 2.05) is 19.9 Å². The van der Waals surface area contributed by atoms with Gasteiger partial charge in [-0.15, -0.1) is 0 Å². The molecule has 1 heterocycles. The Morgan fingerprint density at radius 1 is 1.54 bits per heavy atom. The molecule has 1 aromatic rings. The number of rotatable bonds is 3. The molecule has 0 aliphatic carbocycles. The Balaban J connectivity index is 2.98. The Morgan fingerprint density at radius 2 is 2.23 bits per heavy atom. The first kappa shape index (κ1) is 10.4. The monoisotopic (exact) mass is 201 g/mol. The minimum Gasteiger partial charge on any atom is -0.408 e. The summed E-state index contributed by atoms with van der Waals surface area (Å²) in [6.45, 7) is 3.90. The average molecular weight is 201 g/mol. The van der Waals surface area contributed by atoms with Crippen molar-refractivity contribution in [1.29, 1.82) is 0 Å². The topological polar surface area (TPSA) is 62.6 Å². The minimum atomic E-state index is -2.37. The molecule has 0 amide bonds. The zero-order valence-electron chi connectivity index (χ0n) is 7.56. The Hall–Kier alpha value is -0.700. The molecule has 0 aliphatic rings. The van der Waals surface area contributed by atoms with Crippen molar-refractivity contribution in [2.75, 3.05) is 0 Å². The van der Waals surface area contributed by atoms with E-state index < -0.39 is 8.60 Å². The summed E-state index contributed by atoms with van der Waals surface area (Å²) in [5, 5.41) is 0. The van der Waals surface area contributed by atoms with Gasteiger partial charge < -0.3 is 14.3 Å². The zero-order chi connectivity index (χ0) is 9.84. The number of hydrogen-bond acceptors (Lipinski definition) is 4. The highest BCUT2D eigenvalue weighted by Gasteiger charge is 2.10. The molecule has 0 aromatic carbocycles. The molecular formula is C8H12NO3P. The predicted octanol–water partition coefficient (Wildman–Crippen LogP) is 1.54. The van der Waals surface area contributed by atoms with Crippen LogP contribution in [0.2, 0.25) is 0 Å². The third-order valence-electron chi connectivity index (χ3n) is 1.77. The maximum absolute atomic E-state index is 8.67. The van der Waals surface area contributed by atoms with Crippen LogP contribution in [0.4, 0.5) is 0 Å². The molecule has 4 nitrogen and oxygen atoms in total. The van der Waals surface area contributed by atoms with E-state index in [0.717, 1.165) is 17.5 Å². The molecule has 72 valence electrons. The third-order valence-corrected chi connectivity index (χ3v) is 2.11. The lowest BCUT2D eigenvalue weighted by atomic mass is 10.1. The van der Waals surface area contributed by atoms with Crippen LogP contribution in [0.3, 0.4) is 0 Å². The van der Waals surface area contributed by atoms with Crippen molar-refractivity contribution in [1.82, 2.24) is 4.98 Å². The number of aromatic nitrogens is 1. The van der Waals surface area contributed by atoms with Gasteiger partial charge in [-0.2, -0.15) is 0 Å². The highest BCUT2D eigenvalue weighted by Crippen LogP contribution is 2.31. The summed E-state index contributed by atoms with van der Waals surface area (Å²) >= 11 is 0. The normalized spacial score (nSPS) is 10.5. The van der Waals surface area contributed by atoms with Crippen LogP contribution in [0.25, 0.3) is 0 Å². The molecule has 0 bridgehead atoms. The van der Waals surface area contributed by atoms with Crippen LogP contribution in [0, 0.1) is 6.92 Å². The molecule has 0 radical (unpaired) electrons. The summed E-state index contributed by atoms with van der Waals surface area (Å²) in [6, 6.07) is 1.86. The predicted molar refractivity (Wildman–Crippen MR) is 50.3 cm³/mol. The van der Waals surface area contributed by atoms with Crippen LogP contribution < -0.4 is 4.52 Å². The van der Waals surface area contributed by atoms with Gasteiger partial charge in [0, 0.05) is 11.8 Å². The second-order valence-electron chi connectivity index (χ2n) is 2.61.